The third kappa shape index (κ3) is 1.89. The van der Waals surface area contributed by atoms with Gasteiger partial charge in [-0.1, -0.05) is 18.6 Å². The van der Waals surface area contributed by atoms with Crippen LogP contribution in [0.3, 0.4) is 0 Å². The number of hydrogen-bond donors (Lipinski definition) is 0. The van der Waals surface area contributed by atoms with Crippen LogP contribution in [0.25, 0.3) is 11.0 Å². The van der Waals surface area contributed by atoms with Crippen molar-refractivity contribution >= 4 is 16.9 Å². The number of esters is 1. The molecule has 0 saturated heterocycles. The molecular weight excluding hydrogens is 268 g/mol. The van der Waals surface area contributed by atoms with Crippen molar-refractivity contribution in [3.05, 3.63) is 45.8 Å². The maximum absolute atomic E-state index is 12.5. The zero-order chi connectivity index (χ0) is 14.4. The first-order valence-electron chi connectivity index (χ1n) is 7.47. The second-order valence-corrected chi connectivity index (χ2v) is 6.04. The number of para-hydroxylation sites is 1. The summed E-state index contributed by atoms with van der Waals surface area (Å²) in [5.74, 6) is -0.0190. The molecule has 4 rings (SSSR count). The summed E-state index contributed by atoms with van der Waals surface area (Å²) in [6.07, 6.45) is 5.52. The van der Waals surface area contributed by atoms with Gasteiger partial charge in [-0.25, -0.2) is 4.79 Å². The maximum Gasteiger partial charge on any atom is 0.346 e. The Balaban J connectivity index is 1.90. The van der Waals surface area contributed by atoms with Gasteiger partial charge in [0.1, 0.15) is 22.5 Å². The Labute approximate surface area is 121 Å². The van der Waals surface area contributed by atoms with Crippen molar-refractivity contribution in [1.82, 2.24) is 0 Å². The van der Waals surface area contributed by atoms with Gasteiger partial charge in [0, 0.05) is 6.42 Å². The van der Waals surface area contributed by atoms with Crippen molar-refractivity contribution in [2.75, 3.05) is 0 Å². The summed E-state index contributed by atoms with van der Waals surface area (Å²) in [5, 5.41) is 0.438. The van der Waals surface area contributed by atoms with Crippen LogP contribution in [0.5, 0.6) is 0 Å². The number of fused-ring (bicyclic) bond motifs is 2. The molecule has 4 heteroatoms. The topological polar surface area (TPSA) is 56.5 Å². The third-order valence-corrected chi connectivity index (χ3v) is 4.63. The van der Waals surface area contributed by atoms with Crippen LogP contribution in [0, 0.1) is 0 Å². The number of benzene rings is 1. The minimum absolute atomic E-state index is 0.0879. The number of hydrogen-bond acceptors (Lipinski definition) is 4. The molecule has 0 bridgehead atoms. The molecule has 4 nitrogen and oxygen atoms in total. The van der Waals surface area contributed by atoms with Crippen molar-refractivity contribution in [2.24, 2.45) is 0 Å². The summed E-state index contributed by atoms with van der Waals surface area (Å²) in [6.45, 7) is 0. The Bertz CT molecular complexity index is 781. The lowest BCUT2D eigenvalue weighted by atomic mass is 9.79. The summed E-state index contributed by atoms with van der Waals surface area (Å²) in [4.78, 5) is 24.8. The van der Waals surface area contributed by atoms with E-state index in [1.54, 1.807) is 18.2 Å². The molecule has 2 heterocycles. The van der Waals surface area contributed by atoms with Crippen LogP contribution in [0.4, 0.5) is 0 Å². The Morgan fingerprint density at radius 3 is 2.57 bits per heavy atom. The molecule has 1 aromatic heterocycles. The van der Waals surface area contributed by atoms with Gasteiger partial charge < -0.3 is 9.15 Å². The summed E-state index contributed by atoms with van der Waals surface area (Å²) in [7, 11) is 0. The van der Waals surface area contributed by atoms with Crippen LogP contribution in [-0.2, 0) is 11.2 Å². The zero-order valence-electron chi connectivity index (χ0n) is 11.7. The van der Waals surface area contributed by atoms with Crippen LogP contribution in [0.2, 0.25) is 0 Å². The highest BCUT2D eigenvalue weighted by atomic mass is 16.6. The second kappa shape index (κ2) is 4.45. The SMILES string of the molecule is O=C1OC2(CCCCC2)Cc2oc3ccccc3c(=O)c21. The molecule has 1 aliphatic carbocycles. The normalized spacial score (nSPS) is 20.3. The number of carbonyl (C=O) groups excluding carboxylic acids is 1. The van der Waals surface area contributed by atoms with E-state index in [1.165, 1.54) is 6.42 Å². The molecule has 1 fully saturated rings. The average molecular weight is 284 g/mol. The standard InChI is InChI=1S/C17H16O4/c18-15-11-6-2-3-7-12(11)20-13-10-17(8-4-1-5-9-17)21-16(19)14(13)15/h2-3,6-7H,1,4-5,8-10H2. The molecule has 0 N–H and O–H groups in total. The quantitative estimate of drug-likeness (QED) is 0.697. The van der Waals surface area contributed by atoms with Crippen molar-refractivity contribution in [2.45, 2.75) is 44.1 Å². The molecule has 0 amide bonds. The fourth-order valence-corrected chi connectivity index (χ4v) is 3.57. The highest BCUT2D eigenvalue weighted by molar-refractivity contribution is 5.95. The first-order chi connectivity index (χ1) is 10.2. The van der Waals surface area contributed by atoms with Gasteiger partial charge in [-0.05, 0) is 37.8 Å². The van der Waals surface area contributed by atoms with Gasteiger partial charge in [0.2, 0.25) is 5.43 Å². The van der Waals surface area contributed by atoms with E-state index < -0.39 is 11.6 Å². The van der Waals surface area contributed by atoms with E-state index in [9.17, 15) is 9.59 Å². The minimum Gasteiger partial charge on any atom is -0.460 e. The first-order valence-corrected chi connectivity index (χ1v) is 7.47. The second-order valence-electron chi connectivity index (χ2n) is 6.04. The minimum atomic E-state index is -0.516. The summed E-state index contributed by atoms with van der Waals surface area (Å²) in [5.41, 5.74) is -0.102. The van der Waals surface area contributed by atoms with E-state index in [-0.39, 0.29) is 11.0 Å². The largest absolute Gasteiger partial charge is 0.460 e. The molecule has 1 saturated carbocycles. The van der Waals surface area contributed by atoms with Gasteiger partial charge in [-0.15, -0.1) is 0 Å². The lowest BCUT2D eigenvalue weighted by Gasteiger charge is -2.39. The van der Waals surface area contributed by atoms with Crippen molar-refractivity contribution in [3.8, 4) is 0 Å². The van der Waals surface area contributed by atoms with Gasteiger partial charge >= 0.3 is 5.97 Å². The molecule has 0 unspecified atom stereocenters. The molecular formula is C17H16O4. The Hall–Kier alpha value is -2.10. The van der Waals surface area contributed by atoms with E-state index in [4.69, 9.17) is 9.15 Å². The summed E-state index contributed by atoms with van der Waals surface area (Å²) >= 11 is 0. The van der Waals surface area contributed by atoms with E-state index in [0.717, 1.165) is 25.7 Å². The van der Waals surface area contributed by atoms with Gasteiger partial charge in [0.15, 0.2) is 0 Å². The van der Waals surface area contributed by atoms with Crippen LogP contribution in [-0.4, -0.2) is 11.6 Å². The van der Waals surface area contributed by atoms with E-state index in [0.29, 0.717) is 23.2 Å². The van der Waals surface area contributed by atoms with Crippen LogP contribution in [0.15, 0.2) is 33.5 Å². The molecule has 21 heavy (non-hydrogen) atoms. The predicted molar refractivity (Wildman–Crippen MR) is 77.4 cm³/mol. The highest BCUT2D eigenvalue weighted by Crippen LogP contribution is 2.39. The number of rotatable bonds is 0. The number of carbonyl (C=O) groups is 1. The van der Waals surface area contributed by atoms with Gasteiger partial charge in [0.05, 0.1) is 5.39 Å². The monoisotopic (exact) mass is 284 g/mol. The Kier molecular flexibility index (Phi) is 2.67. The van der Waals surface area contributed by atoms with E-state index in [2.05, 4.69) is 0 Å². The van der Waals surface area contributed by atoms with Crippen LogP contribution >= 0.6 is 0 Å². The average Bonchev–Trinajstić information content (AvgIpc) is 2.47. The summed E-state index contributed by atoms with van der Waals surface area (Å²) in [6, 6.07) is 7.04. The fraction of sp³-hybridized carbons (Fsp3) is 0.412. The lowest BCUT2D eigenvalue weighted by Crippen LogP contribution is -2.45. The first kappa shape index (κ1) is 12.6. The maximum atomic E-state index is 12.5. The molecule has 1 spiro atoms. The van der Waals surface area contributed by atoms with Gasteiger partial charge in [-0.3, -0.25) is 4.79 Å². The molecule has 1 aromatic carbocycles. The lowest BCUT2D eigenvalue weighted by molar-refractivity contribution is -0.0472. The van der Waals surface area contributed by atoms with Crippen LogP contribution < -0.4 is 5.43 Å². The number of ether oxygens (including phenoxy) is 1. The molecule has 2 aromatic rings. The van der Waals surface area contributed by atoms with Gasteiger partial charge in [0.25, 0.3) is 0 Å². The van der Waals surface area contributed by atoms with E-state index >= 15 is 0 Å². The highest BCUT2D eigenvalue weighted by Gasteiger charge is 2.43. The Morgan fingerprint density at radius 1 is 1.00 bits per heavy atom. The van der Waals surface area contributed by atoms with Gasteiger partial charge in [-0.2, -0.15) is 0 Å². The molecule has 0 atom stereocenters. The Morgan fingerprint density at radius 2 is 1.76 bits per heavy atom. The third-order valence-electron chi connectivity index (χ3n) is 4.63. The van der Waals surface area contributed by atoms with Crippen LogP contribution in [0.1, 0.15) is 48.2 Å². The molecule has 1 aliphatic heterocycles. The van der Waals surface area contributed by atoms with Crippen molar-refractivity contribution in [1.29, 1.82) is 0 Å². The molecule has 2 aliphatic rings. The van der Waals surface area contributed by atoms with Crippen molar-refractivity contribution < 1.29 is 13.9 Å². The summed E-state index contributed by atoms with van der Waals surface area (Å²) < 4.78 is 11.5. The van der Waals surface area contributed by atoms with E-state index in [1.807, 2.05) is 6.07 Å². The fourth-order valence-electron chi connectivity index (χ4n) is 3.57. The predicted octanol–water partition coefficient (Wildman–Crippen LogP) is 3.21. The van der Waals surface area contributed by atoms with Crippen molar-refractivity contribution in [3.63, 3.8) is 0 Å². The smallest absolute Gasteiger partial charge is 0.346 e. The molecule has 108 valence electrons. The molecule has 0 radical (unpaired) electrons. The zero-order valence-corrected chi connectivity index (χ0v) is 11.7.